The molecule has 0 aliphatic heterocycles. The minimum absolute atomic E-state index is 0.306. The zero-order valence-corrected chi connectivity index (χ0v) is 7.30. The minimum atomic E-state index is -0.306. The zero-order chi connectivity index (χ0) is 9.26. The second-order valence-corrected chi connectivity index (χ2v) is 2.90. The Labute approximate surface area is 75.4 Å². The number of para-hydroxylation sites is 1. The lowest BCUT2D eigenvalue weighted by atomic mass is 10.2. The van der Waals surface area contributed by atoms with Crippen LogP contribution in [-0.4, -0.2) is 7.05 Å². The summed E-state index contributed by atoms with van der Waals surface area (Å²) in [5, 5.41) is 3.76. The van der Waals surface area contributed by atoms with Gasteiger partial charge in [-0.15, -0.1) is 0 Å². The van der Waals surface area contributed by atoms with E-state index < -0.39 is 0 Å². The molecule has 1 aromatic carbocycles. The summed E-state index contributed by atoms with van der Waals surface area (Å²) in [6, 6.07) is 6.75. The van der Waals surface area contributed by atoms with Gasteiger partial charge in [-0.3, -0.25) is 0 Å². The molecule has 1 heterocycles. The van der Waals surface area contributed by atoms with E-state index in [1.165, 1.54) is 6.07 Å². The molecule has 0 fully saturated rings. The normalized spacial score (nSPS) is 10.9. The summed E-state index contributed by atoms with van der Waals surface area (Å²) in [4.78, 5) is 0. The first kappa shape index (κ1) is 8.26. The minimum Gasteiger partial charge on any atom is -0.457 e. The van der Waals surface area contributed by atoms with Crippen molar-refractivity contribution < 1.29 is 8.81 Å². The molecule has 0 saturated carbocycles. The summed E-state index contributed by atoms with van der Waals surface area (Å²) < 4.78 is 18.4. The quantitative estimate of drug-likeness (QED) is 0.765. The van der Waals surface area contributed by atoms with Gasteiger partial charge in [-0.25, -0.2) is 4.39 Å². The van der Waals surface area contributed by atoms with Gasteiger partial charge in [0.15, 0.2) is 11.4 Å². The number of benzene rings is 1. The number of halogens is 1. The van der Waals surface area contributed by atoms with Crippen molar-refractivity contribution in [2.45, 2.75) is 6.54 Å². The van der Waals surface area contributed by atoms with Gasteiger partial charge in [0, 0.05) is 5.39 Å². The van der Waals surface area contributed by atoms with Gasteiger partial charge in [-0.1, -0.05) is 12.1 Å². The Morgan fingerprint density at radius 3 is 3.00 bits per heavy atom. The average molecular weight is 179 g/mol. The second kappa shape index (κ2) is 3.18. The number of rotatable bonds is 2. The van der Waals surface area contributed by atoms with Gasteiger partial charge in [0.25, 0.3) is 0 Å². The highest BCUT2D eigenvalue weighted by Crippen LogP contribution is 2.21. The third kappa shape index (κ3) is 1.42. The standard InChI is InChI=1S/C10H10FNO/c1-12-6-8-5-7-3-2-4-9(11)10(7)13-8/h2-5,12H,6H2,1H3. The van der Waals surface area contributed by atoms with Crippen molar-refractivity contribution in [3.63, 3.8) is 0 Å². The van der Waals surface area contributed by atoms with E-state index in [4.69, 9.17) is 4.42 Å². The molecule has 0 radical (unpaired) electrons. The molecule has 0 saturated heterocycles. The van der Waals surface area contributed by atoms with Crippen LogP contribution in [0, 0.1) is 5.82 Å². The molecule has 0 unspecified atom stereocenters. The first-order chi connectivity index (χ1) is 6.31. The van der Waals surface area contributed by atoms with E-state index in [1.54, 1.807) is 6.07 Å². The van der Waals surface area contributed by atoms with E-state index in [9.17, 15) is 4.39 Å². The van der Waals surface area contributed by atoms with Crippen molar-refractivity contribution in [2.24, 2.45) is 0 Å². The average Bonchev–Trinajstić information content (AvgIpc) is 2.49. The molecular weight excluding hydrogens is 169 g/mol. The van der Waals surface area contributed by atoms with E-state index >= 15 is 0 Å². The van der Waals surface area contributed by atoms with E-state index in [2.05, 4.69) is 5.32 Å². The number of hydrogen-bond donors (Lipinski definition) is 1. The highest BCUT2D eigenvalue weighted by molar-refractivity contribution is 5.78. The van der Waals surface area contributed by atoms with Crippen molar-refractivity contribution in [1.82, 2.24) is 5.32 Å². The van der Waals surface area contributed by atoms with Crippen LogP contribution in [0.15, 0.2) is 28.7 Å². The first-order valence-corrected chi connectivity index (χ1v) is 4.13. The molecule has 13 heavy (non-hydrogen) atoms. The van der Waals surface area contributed by atoms with Crippen LogP contribution in [0.25, 0.3) is 11.0 Å². The van der Waals surface area contributed by atoms with Crippen molar-refractivity contribution in [3.05, 3.63) is 35.8 Å². The Hall–Kier alpha value is -1.35. The summed E-state index contributed by atoms with van der Waals surface area (Å²) in [6.45, 7) is 0.619. The number of fused-ring (bicyclic) bond motifs is 1. The van der Waals surface area contributed by atoms with Crippen molar-refractivity contribution in [2.75, 3.05) is 7.05 Å². The topological polar surface area (TPSA) is 25.2 Å². The van der Waals surface area contributed by atoms with Crippen molar-refractivity contribution >= 4 is 11.0 Å². The summed E-state index contributed by atoms with van der Waals surface area (Å²) in [5.41, 5.74) is 0.341. The van der Waals surface area contributed by atoms with Crippen molar-refractivity contribution in [1.29, 1.82) is 0 Å². The molecular formula is C10H10FNO. The third-order valence-electron chi connectivity index (χ3n) is 1.90. The van der Waals surface area contributed by atoms with Gasteiger partial charge in [0.1, 0.15) is 5.76 Å². The molecule has 0 amide bonds. The fourth-order valence-corrected chi connectivity index (χ4v) is 1.34. The molecule has 0 aliphatic carbocycles. The largest absolute Gasteiger partial charge is 0.457 e. The summed E-state index contributed by atoms with van der Waals surface area (Å²) in [6.07, 6.45) is 0. The molecule has 2 nitrogen and oxygen atoms in total. The fourth-order valence-electron chi connectivity index (χ4n) is 1.34. The van der Waals surface area contributed by atoms with Gasteiger partial charge >= 0.3 is 0 Å². The molecule has 2 rings (SSSR count). The van der Waals surface area contributed by atoms with Gasteiger partial charge < -0.3 is 9.73 Å². The van der Waals surface area contributed by atoms with Gasteiger partial charge in [0.2, 0.25) is 0 Å². The Balaban J connectivity index is 2.55. The maximum atomic E-state index is 13.1. The molecule has 3 heteroatoms. The van der Waals surface area contributed by atoms with Crippen LogP contribution in [0.2, 0.25) is 0 Å². The Morgan fingerprint density at radius 2 is 2.31 bits per heavy atom. The number of nitrogens with one attached hydrogen (secondary N) is 1. The predicted molar refractivity (Wildman–Crippen MR) is 48.9 cm³/mol. The van der Waals surface area contributed by atoms with E-state index in [1.807, 2.05) is 19.2 Å². The highest BCUT2D eigenvalue weighted by atomic mass is 19.1. The molecule has 2 aromatic rings. The maximum absolute atomic E-state index is 13.1. The lowest BCUT2D eigenvalue weighted by Crippen LogP contribution is -2.03. The van der Waals surface area contributed by atoms with Crippen molar-refractivity contribution in [3.8, 4) is 0 Å². The zero-order valence-electron chi connectivity index (χ0n) is 7.30. The van der Waals surface area contributed by atoms with Crippen LogP contribution < -0.4 is 5.32 Å². The fraction of sp³-hybridized carbons (Fsp3) is 0.200. The molecule has 1 aromatic heterocycles. The van der Waals surface area contributed by atoms with Crippen LogP contribution in [0.5, 0.6) is 0 Å². The lowest BCUT2D eigenvalue weighted by Gasteiger charge is -1.91. The van der Waals surface area contributed by atoms with E-state index in [0.29, 0.717) is 12.1 Å². The van der Waals surface area contributed by atoms with Crippen LogP contribution in [0.4, 0.5) is 4.39 Å². The Bertz CT molecular complexity index is 422. The Kier molecular flexibility index (Phi) is 2.02. The number of hydrogen-bond acceptors (Lipinski definition) is 2. The summed E-state index contributed by atoms with van der Waals surface area (Å²) in [7, 11) is 1.82. The van der Waals surface area contributed by atoms with Crippen LogP contribution >= 0.6 is 0 Å². The monoisotopic (exact) mass is 179 g/mol. The molecule has 0 aliphatic rings. The lowest BCUT2D eigenvalue weighted by molar-refractivity contribution is 0.507. The predicted octanol–water partition coefficient (Wildman–Crippen LogP) is 2.29. The van der Waals surface area contributed by atoms with E-state index in [-0.39, 0.29) is 5.82 Å². The van der Waals surface area contributed by atoms with Crippen LogP contribution in [-0.2, 0) is 6.54 Å². The number of furan rings is 1. The van der Waals surface area contributed by atoms with Gasteiger partial charge in [-0.05, 0) is 19.2 Å². The van der Waals surface area contributed by atoms with Crippen LogP contribution in [0.1, 0.15) is 5.76 Å². The third-order valence-corrected chi connectivity index (χ3v) is 1.90. The molecule has 0 atom stereocenters. The second-order valence-electron chi connectivity index (χ2n) is 2.90. The molecule has 0 spiro atoms. The molecule has 1 N–H and O–H groups in total. The summed E-state index contributed by atoms with van der Waals surface area (Å²) >= 11 is 0. The smallest absolute Gasteiger partial charge is 0.169 e. The first-order valence-electron chi connectivity index (χ1n) is 4.13. The van der Waals surface area contributed by atoms with Gasteiger partial charge in [-0.2, -0.15) is 0 Å². The van der Waals surface area contributed by atoms with Gasteiger partial charge in [0.05, 0.1) is 6.54 Å². The van der Waals surface area contributed by atoms with E-state index in [0.717, 1.165) is 11.1 Å². The summed E-state index contributed by atoms with van der Waals surface area (Å²) in [5.74, 6) is 0.447. The maximum Gasteiger partial charge on any atom is 0.169 e. The molecule has 68 valence electrons. The SMILES string of the molecule is CNCc1cc2cccc(F)c2o1. The van der Waals surface area contributed by atoms with Crippen LogP contribution in [0.3, 0.4) is 0 Å². The Morgan fingerprint density at radius 1 is 1.46 bits per heavy atom. The molecule has 0 bridgehead atoms. The highest BCUT2D eigenvalue weighted by Gasteiger charge is 2.06.